The predicted octanol–water partition coefficient (Wildman–Crippen LogP) is 2.90. The van der Waals surface area contributed by atoms with Crippen LogP contribution in [0.1, 0.15) is 36.0 Å². The lowest BCUT2D eigenvalue weighted by atomic mass is 10.1. The number of carbonyl (C=O) groups is 1. The average molecular weight is 264 g/mol. The highest BCUT2D eigenvalue weighted by Gasteiger charge is 2.22. The summed E-state index contributed by atoms with van der Waals surface area (Å²) in [5.74, 6) is -0.361. The van der Waals surface area contributed by atoms with Crippen molar-refractivity contribution in [2.45, 2.75) is 25.7 Å². The van der Waals surface area contributed by atoms with Gasteiger partial charge in [0.2, 0.25) is 0 Å². The van der Waals surface area contributed by atoms with Crippen molar-refractivity contribution in [2.75, 3.05) is 11.9 Å². The van der Waals surface area contributed by atoms with Gasteiger partial charge in [0.25, 0.3) is 5.69 Å². The SMILES string of the molecule is O=C(O)c1cccc([N+](=O)[O-])c1NCCCC1CC1. The molecular formula is C13H16N2O4. The number of nitro groups is 1. The van der Waals surface area contributed by atoms with Crippen molar-refractivity contribution in [3.8, 4) is 0 Å². The quantitative estimate of drug-likeness (QED) is 0.448. The molecule has 0 atom stereocenters. The summed E-state index contributed by atoms with van der Waals surface area (Å²) in [6.45, 7) is 0.557. The molecule has 1 aliphatic rings. The second-order valence-electron chi connectivity index (χ2n) is 4.77. The fourth-order valence-corrected chi connectivity index (χ4v) is 2.07. The van der Waals surface area contributed by atoms with E-state index in [4.69, 9.17) is 5.11 Å². The Bertz CT molecular complexity index is 465. The fraction of sp³-hybridized carbons (Fsp3) is 0.462. The highest BCUT2D eigenvalue weighted by atomic mass is 16.6. The van der Waals surface area contributed by atoms with Crippen molar-refractivity contribution in [3.05, 3.63) is 33.9 Å². The molecule has 1 saturated carbocycles. The molecule has 1 aromatic rings. The first kappa shape index (κ1) is 13.3. The summed E-state index contributed by atoms with van der Waals surface area (Å²) >= 11 is 0. The summed E-state index contributed by atoms with van der Waals surface area (Å²) in [5.41, 5.74) is -0.136. The Morgan fingerprint density at radius 2 is 2.21 bits per heavy atom. The molecule has 0 saturated heterocycles. The minimum atomic E-state index is -1.16. The van der Waals surface area contributed by atoms with Crippen molar-refractivity contribution in [3.63, 3.8) is 0 Å². The third kappa shape index (κ3) is 3.43. The van der Waals surface area contributed by atoms with Gasteiger partial charge in [-0.1, -0.05) is 18.9 Å². The molecule has 0 radical (unpaired) electrons. The van der Waals surface area contributed by atoms with Crippen LogP contribution in [0.2, 0.25) is 0 Å². The van der Waals surface area contributed by atoms with E-state index in [2.05, 4.69) is 5.32 Å². The Labute approximate surface area is 110 Å². The second kappa shape index (κ2) is 5.69. The Hall–Kier alpha value is -2.11. The molecule has 1 aliphatic carbocycles. The summed E-state index contributed by atoms with van der Waals surface area (Å²) < 4.78 is 0. The van der Waals surface area contributed by atoms with E-state index in [0.29, 0.717) is 6.54 Å². The van der Waals surface area contributed by atoms with Gasteiger partial charge in [-0.3, -0.25) is 10.1 Å². The van der Waals surface area contributed by atoms with Gasteiger partial charge in [0, 0.05) is 12.6 Å². The molecule has 6 nitrogen and oxygen atoms in total. The lowest BCUT2D eigenvalue weighted by molar-refractivity contribution is -0.384. The van der Waals surface area contributed by atoms with Gasteiger partial charge >= 0.3 is 5.97 Å². The number of nitrogens with zero attached hydrogens (tertiary/aromatic N) is 1. The van der Waals surface area contributed by atoms with Crippen LogP contribution in [0.4, 0.5) is 11.4 Å². The fourth-order valence-electron chi connectivity index (χ4n) is 2.07. The molecule has 6 heteroatoms. The van der Waals surface area contributed by atoms with Crippen LogP contribution >= 0.6 is 0 Å². The van der Waals surface area contributed by atoms with Gasteiger partial charge in [-0.05, 0) is 24.8 Å². The Morgan fingerprint density at radius 1 is 1.47 bits per heavy atom. The minimum absolute atomic E-state index is 0.0550. The monoisotopic (exact) mass is 264 g/mol. The van der Waals surface area contributed by atoms with Gasteiger partial charge < -0.3 is 10.4 Å². The van der Waals surface area contributed by atoms with E-state index in [9.17, 15) is 14.9 Å². The molecular weight excluding hydrogens is 248 g/mol. The standard InChI is InChI=1S/C13H16N2O4/c16-13(17)10-4-1-5-11(15(18)19)12(10)14-8-2-3-9-6-7-9/h1,4-5,9,14H,2-3,6-8H2,(H,16,17). The normalized spacial score (nSPS) is 14.1. The topological polar surface area (TPSA) is 92.5 Å². The first-order valence-corrected chi connectivity index (χ1v) is 6.34. The van der Waals surface area contributed by atoms with Crippen LogP contribution in [-0.4, -0.2) is 22.5 Å². The number of rotatable bonds is 7. The Morgan fingerprint density at radius 3 is 2.79 bits per heavy atom. The molecule has 0 aromatic heterocycles. The van der Waals surface area contributed by atoms with Gasteiger partial charge in [0.1, 0.15) is 5.69 Å². The first-order valence-electron chi connectivity index (χ1n) is 6.34. The molecule has 1 aromatic carbocycles. The average Bonchev–Trinajstić information content (AvgIpc) is 3.18. The zero-order chi connectivity index (χ0) is 13.8. The Kier molecular flexibility index (Phi) is 3.99. The van der Waals surface area contributed by atoms with Gasteiger partial charge in [-0.2, -0.15) is 0 Å². The number of aromatic carboxylic acids is 1. The van der Waals surface area contributed by atoms with Crippen LogP contribution in [0.15, 0.2) is 18.2 Å². The van der Waals surface area contributed by atoms with E-state index in [-0.39, 0.29) is 16.9 Å². The lowest BCUT2D eigenvalue weighted by Gasteiger charge is -2.09. The lowest BCUT2D eigenvalue weighted by Crippen LogP contribution is -2.10. The molecule has 2 rings (SSSR count). The van der Waals surface area contributed by atoms with Crippen LogP contribution in [0.25, 0.3) is 0 Å². The molecule has 0 bridgehead atoms. The van der Waals surface area contributed by atoms with Crippen molar-refractivity contribution < 1.29 is 14.8 Å². The number of anilines is 1. The zero-order valence-corrected chi connectivity index (χ0v) is 10.5. The second-order valence-corrected chi connectivity index (χ2v) is 4.77. The Balaban J connectivity index is 2.09. The van der Waals surface area contributed by atoms with Crippen LogP contribution < -0.4 is 5.32 Å². The molecule has 102 valence electrons. The predicted molar refractivity (Wildman–Crippen MR) is 70.5 cm³/mol. The van der Waals surface area contributed by atoms with Gasteiger partial charge in [0.15, 0.2) is 0 Å². The number of benzene rings is 1. The number of para-hydroxylation sites is 1. The number of nitro benzene ring substituents is 1. The summed E-state index contributed by atoms with van der Waals surface area (Å²) in [7, 11) is 0. The van der Waals surface area contributed by atoms with Crippen molar-refractivity contribution >= 4 is 17.3 Å². The summed E-state index contributed by atoms with van der Waals surface area (Å²) in [6.07, 6.45) is 4.53. The van der Waals surface area contributed by atoms with E-state index in [0.717, 1.165) is 18.8 Å². The van der Waals surface area contributed by atoms with Gasteiger partial charge in [-0.15, -0.1) is 0 Å². The van der Waals surface area contributed by atoms with E-state index < -0.39 is 10.9 Å². The number of hydrogen-bond donors (Lipinski definition) is 2. The summed E-state index contributed by atoms with van der Waals surface area (Å²) in [4.78, 5) is 21.4. The molecule has 19 heavy (non-hydrogen) atoms. The van der Waals surface area contributed by atoms with Gasteiger partial charge in [0.05, 0.1) is 10.5 Å². The number of nitrogens with one attached hydrogen (secondary N) is 1. The molecule has 0 unspecified atom stereocenters. The smallest absolute Gasteiger partial charge is 0.338 e. The third-order valence-corrected chi connectivity index (χ3v) is 3.26. The molecule has 0 aliphatic heterocycles. The molecule has 1 fully saturated rings. The van der Waals surface area contributed by atoms with Crippen LogP contribution in [0, 0.1) is 16.0 Å². The van der Waals surface area contributed by atoms with Crippen molar-refractivity contribution in [2.24, 2.45) is 5.92 Å². The molecule has 2 N–H and O–H groups in total. The van der Waals surface area contributed by atoms with Crippen LogP contribution in [0.3, 0.4) is 0 Å². The van der Waals surface area contributed by atoms with Crippen molar-refractivity contribution in [1.82, 2.24) is 0 Å². The van der Waals surface area contributed by atoms with E-state index in [1.807, 2.05) is 0 Å². The minimum Gasteiger partial charge on any atom is -0.478 e. The van der Waals surface area contributed by atoms with E-state index in [1.54, 1.807) is 0 Å². The highest BCUT2D eigenvalue weighted by molar-refractivity contribution is 5.96. The van der Waals surface area contributed by atoms with E-state index >= 15 is 0 Å². The maximum absolute atomic E-state index is 11.1. The largest absolute Gasteiger partial charge is 0.478 e. The molecule has 0 amide bonds. The van der Waals surface area contributed by atoms with Crippen molar-refractivity contribution in [1.29, 1.82) is 0 Å². The first-order chi connectivity index (χ1) is 9.09. The number of carboxylic acids is 1. The van der Waals surface area contributed by atoms with Crippen LogP contribution in [-0.2, 0) is 0 Å². The maximum Gasteiger partial charge on any atom is 0.338 e. The number of hydrogen-bond acceptors (Lipinski definition) is 4. The molecule has 0 spiro atoms. The summed E-state index contributed by atoms with van der Waals surface area (Å²) in [6, 6.07) is 4.07. The molecule has 0 heterocycles. The number of carboxylic acid groups (broad SMARTS) is 1. The zero-order valence-electron chi connectivity index (χ0n) is 10.5. The van der Waals surface area contributed by atoms with Gasteiger partial charge in [-0.25, -0.2) is 4.79 Å². The van der Waals surface area contributed by atoms with Crippen LogP contribution in [0.5, 0.6) is 0 Å². The third-order valence-electron chi connectivity index (χ3n) is 3.26. The van der Waals surface area contributed by atoms with E-state index in [1.165, 1.54) is 31.0 Å². The summed E-state index contributed by atoms with van der Waals surface area (Å²) in [5, 5.41) is 22.9. The highest BCUT2D eigenvalue weighted by Crippen LogP contribution is 2.34. The maximum atomic E-state index is 11.1.